The quantitative estimate of drug-likeness (QED) is 0.551. The van der Waals surface area contributed by atoms with Crippen LogP contribution in [0.5, 0.6) is 5.75 Å². The Kier molecular flexibility index (Phi) is 5.70. The van der Waals surface area contributed by atoms with Crippen molar-refractivity contribution in [1.29, 1.82) is 0 Å². The van der Waals surface area contributed by atoms with E-state index >= 15 is 0 Å². The molecule has 23 heavy (non-hydrogen) atoms. The first kappa shape index (κ1) is 17.0. The van der Waals surface area contributed by atoms with Crippen LogP contribution in [0.25, 0.3) is 0 Å². The number of aromatic hydroxyl groups is 1. The molecule has 1 atom stereocenters. The fourth-order valence-electron chi connectivity index (χ4n) is 1.75. The SMILES string of the molecule is CC(Nc1ccc(F)cc1)C(=O)N/N=C/c1cc(Br)ccc1O. The van der Waals surface area contributed by atoms with Crippen molar-refractivity contribution in [3.05, 3.63) is 58.3 Å². The van der Waals surface area contributed by atoms with Crippen LogP contribution in [-0.4, -0.2) is 23.3 Å². The lowest BCUT2D eigenvalue weighted by Gasteiger charge is -2.13. The van der Waals surface area contributed by atoms with Gasteiger partial charge in [-0.15, -0.1) is 0 Å². The van der Waals surface area contributed by atoms with E-state index in [2.05, 4.69) is 31.8 Å². The van der Waals surface area contributed by atoms with E-state index in [1.165, 1.54) is 24.4 Å². The van der Waals surface area contributed by atoms with Crippen LogP contribution in [0.3, 0.4) is 0 Å². The number of rotatable bonds is 5. The minimum Gasteiger partial charge on any atom is -0.507 e. The number of hydrogen-bond acceptors (Lipinski definition) is 4. The number of benzene rings is 2. The molecule has 2 aromatic carbocycles. The van der Waals surface area contributed by atoms with Gasteiger partial charge in [0.25, 0.3) is 5.91 Å². The van der Waals surface area contributed by atoms with Crippen LogP contribution in [0.1, 0.15) is 12.5 Å². The highest BCUT2D eigenvalue weighted by atomic mass is 79.9. The van der Waals surface area contributed by atoms with Gasteiger partial charge in [0, 0.05) is 15.7 Å². The van der Waals surface area contributed by atoms with Gasteiger partial charge in [0.15, 0.2) is 0 Å². The number of nitrogens with zero attached hydrogens (tertiary/aromatic N) is 1. The Hall–Kier alpha value is -2.41. The Balaban J connectivity index is 1.92. The van der Waals surface area contributed by atoms with Crippen LogP contribution in [0.2, 0.25) is 0 Å². The molecule has 2 aromatic rings. The Labute approximate surface area is 141 Å². The van der Waals surface area contributed by atoms with E-state index in [0.29, 0.717) is 11.3 Å². The standard InChI is InChI=1S/C16H15BrFN3O2/c1-10(20-14-5-3-13(18)4-6-14)16(23)21-19-9-11-8-12(17)2-7-15(11)22/h2-10,20,22H,1H3,(H,21,23)/b19-9+. The molecule has 0 aliphatic carbocycles. The fraction of sp³-hybridized carbons (Fsp3) is 0.125. The van der Waals surface area contributed by atoms with Gasteiger partial charge in [-0.3, -0.25) is 4.79 Å². The molecule has 0 aromatic heterocycles. The normalized spacial score (nSPS) is 12.1. The molecule has 0 radical (unpaired) electrons. The monoisotopic (exact) mass is 379 g/mol. The first-order valence-corrected chi connectivity index (χ1v) is 7.58. The third-order valence-corrected chi connectivity index (χ3v) is 3.48. The number of phenolic OH excluding ortho intramolecular Hbond substituents is 1. The lowest BCUT2D eigenvalue weighted by atomic mass is 10.2. The van der Waals surface area contributed by atoms with Crippen molar-refractivity contribution in [2.75, 3.05) is 5.32 Å². The second-order valence-corrected chi connectivity index (χ2v) is 5.73. The van der Waals surface area contributed by atoms with Crippen molar-refractivity contribution in [3.8, 4) is 5.75 Å². The number of halogens is 2. The third-order valence-electron chi connectivity index (χ3n) is 2.99. The van der Waals surface area contributed by atoms with Crippen molar-refractivity contribution in [3.63, 3.8) is 0 Å². The van der Waals surface area contributed by atoms with Crippen molar-refractivity contribution >= 4 is 33.7 Å². The Bertz CT molecular complexity index is 720. The molecular formula is C16H15BrFN3O2. The predicted molar refractivity (Wildman–Crippen MR) is 91.0 cm³/mol. The van der Waals surface area contributed by atoms with Gasteiger partial charge in [-0.05, 0) is 49.4 Å². The number of amides is 1. The summed E-state index contributed by atoms with van der Waals surface area (Å²) in [6.45, 7) is 1.66. The molecule has 1 amide bonds. The zero-order valence-electron chi connectivity index (χ0n) is 12.3. The summed E-state index contributed by atoms with van der Waals surface area (Å²) in [6, 6.07) is 10.0. The second-order valence-electron chi connectivity index (χ2n) is 4.81. The summed E-state index contributed by atoms with van der Waals surface area (Å²) >= 11 is 3.29. The summed E-state index contributed by atoms with van der Waals surface area (Å²) in [5.74, 6) is -0.644. The maximum atomic E-state index is 12.8. The van der Waals surface area contributed by atoms with E-state index in [-0.39, 0.29) is 17.5 Å². The van der Waals surface area contributed by atoms with E-state index in [0.717, 1.165) is 4.47 Å². The molecule has 0 aliphatic heterocycles. The highest BCUT2D eigenvalue weighted by molar-refractivity contribution is 9.10. The van der Waals surface area contributed by atoms with Gasteiger partial charge in [-0.1, -0.05) is 15.9 Å². The van der Waals surface area contributed by atoms with Gasteiger partial charge in [-0.25, -0.2) is 9.82 Å². The molecule has 1 unspecified atom stereocenters. The highest BCUT2D eigenvalue weighted by Crippen LogP contribution is 2.19. The van der Waals surface area contributed by atoms with Crippen LogP contribution in [0.15, 0.2) is 52.0 Å². The average molecular weight is 380 g/mol. The number of carbonyl (C=O) groups excluding carboxylic acids is 1. The Morgan fingerprint density at radius 3 is 2.70 bits per heavy atom. The number of hydrazone groups is 1. The van der Waals surface area contributed by atoms with Crippen molar-refractivity contribution in [2.45, 2.75) is 13.0 Å². The summed E-state index contributed by atoms with van der Waals surface area (Å²) in [7, 11) is 0. The molecule has 0 bridgehead atoms. The summed E-state index contributed by atoms with van der Waals surface area (Å²) in [4.78, 5) is 11.9. The summed E-state index contributed by atoms with van der Waals surface area (Å²) in [5.41, 5.74) is 3.48. The van der Waals surface area contributed by atoms with Crippen LogP contribution in [-0.2, 0) is 4.79 Å². The van der Waals surface area contributed by atoms with Gasteiger partial charge in [0.05, 0.1) is 6.21 Å². The second kappa shape index (κ2) is 7.73. The number of anilines is 1. The first-order valence-electron chi connectivity index (χ1n) is 6.79. The van der Waals surface area contributed by atoms with E-state index in [9.17, 15) is 14.3 Å². The van der Waals surface area contributed by atoms with Crippen molar-refractivity contribution < 1.29 is 14.3 Å². The van der Waals surface area contributed by atoms with Crippen LogP contribution >= 0.6 is 15.9 Å². The maximum absolute atomic E-state index is 12.8. The molecule has 3 N–H and O–H groups in total. The average Bonchev–Trinajstić information content (AvgIpc) is 2.52. The lowest BCUT2D eigenvalue weighted by Crippen LogP contribution is -2.34. The summed E-state index contributed by atoms with van der Waals surface area (Å²) < 4.78 is 13.6. The Morgan fingerprint density at radius 1 is 1.30 bits per heavy atom. The van der Waals surface area contributed by atoms with Crippen LogP contribution in [0.4, 0.5) is 10.1 Å². The number of nitrogens with one attached hydrogen (secondary N) is 2. The molecule has 0 heterocycles. The molecule has 120 valence electrons. The molecule has 2 rings (SSSR count). The van der Waals surface area contributed by atoms with Crippen molar-refractivity contribution in [1.82, 2.24) is 5.43 Å². The molecular weight excluding hydrogens is 365 g/mol. The topological polar surface area (TPSA) is 73.7 Å². The van der Waals surface area contributed by atoms with Crippen molar-refractivity contribution in [2.24, 2.45) is 5.10 Å². The van der Waals surface area contributed by atoms with Gasteiger partial charge in [0.2, 0.25) is 0 Å². The van der Waals surface area contributed by atoms with Gasteiger partial charge < -0.3 is 10.4 Å². The molecule has 0 aliphatic rings. The van der Waals surface area contributed by atoms with Gasteiger partial charge in [-0.2, -0.15) is 5.10 Å². The maximum Gasteiger partial charge on any atom is 0.262 e. The van der Waals surface area contributed by atoms with Gasteiger partial charge in [0.1, 0.15) is 17.6 Å². The van der Waals surface area contributed by atoms with E-state index < -0.39 is 6.04 Å². The molecule has 5 nitrogen and oxygen atoms in total. The number of hydrogen-bond donors (Lipinski definition) is 3. The highest BCUT2D eigenvalue weighted by Gasteiger charge is 2.11. The summed E-state index contributed by atoms with van der Waals surface area (Å²) in [5, 5.41) is 16.4. The third kappa shape index (κ3) is 5.07. The minimum absolute atomic E-state index is 0.0590. The Morgan fingerprint density at radius 2 is 2.00 bits per heavy atom. The minimum atomic E-state index is -0.561. The predicted octanol–water partition coefficient (Wildman–Crippen LogP) is 3.24. The molecule has 0 spiro atoms. The molecule has 0 fully saturated rings. The largest absolute Gasteiger partial charge is 0.507 e. The molecule has 7 heteroatoms. The zero-order valence-corrected chi connectivity index (χ0v) is 13.8. The van der Waals surface area contributed by atoms with E-state index in [4.69, 9.17) is 0 Å². The lowest BCUT2D eigenvalue weighted by molar-refractivity contribution is -0.121. The first-order chi connectivity index (χ1) is 11.0. The molecule has 0 saturated heterocycles. The van der Waals surface area contributed by atoms with Gasteiger partial charge >= 0.3 is 0 Å². The molecule has 0 saturated carbocycles. The van der Waals surface area contributed by atoms with Crippen LogP contribution in [0, 0.1) is 5.82 Å². The smallest absolute Gasteiger partial charge is 0.262 e. The van der Waals surface area contributed by atoms with Crippen LogP contribution < -0.4 is 10.7 Å². The fourth-order valence-corrected chi connectivity index (χ4v) is 2.13. The van der Waals surface area contributed by atoms with E-state index in [1.807, 2.05) is 0 Å². The summed E-state index contributed by atoms with van der Waals surface area (Å²) in [6.07, 6.45) is 1.35. The number of carbonyl (C=O) groups is 1. The van der Waals surface area contributed by atoms with E-state index in [1.54, 1.807) is 31.2 Å². The number of phenols is 1. The zero-order chi connectivity index (χ0) is 16.8.